The molecular formula is C19H24FN. The molecule has 0 aromatic heterocycles. The molecule has 2 N–H and O–H groups in total. The van der Waals surface area contributed by atoms with Crippen molar-refractivity contribution in [3.63, 3.8) is 0 Å². The summed E-state index contributed by atoms with van der Waals surface area (Å²) < 4.78 is 13.1. The minimum atomic E-state index is -0.211. The van der Waals surface area contributed by atoms with Crippen LogP contribution in [0.5, 0.6) is 0 Å². The number of nitrogens with two attached hydrogens (primary N) is 1. The Morgan fingerprint density at radius 1 is 1.00 bits per heavy atom. The fraction of sp³-hybridized carbons (Fsp3) is 0.368. The fourth-order valence-electron chi connectivity index (χ4n) is 2.79. The van der Waals surface area contributed by atoms with Gasteiger partial charge in [0.05, 0.1) is 0 Å². The van der Waals surface area contributed by atoms with Crippen LogP contribution in [0.25, 0.3) is 0 Å². The number of aryl methyl sites for hydroxylation is 2. The van der Waals surface area contributed by atoms with Gasteiger partial charge in [0, 0.05) is 11.5 Å². The average Bonchev–Trinajstić information content (AvgIpc) is 2.37. The first-order chi connectivity index (χ1) is 9.79. The van der Waals surface area contributed by atoms with Crippen molar-refractivity contribution in [1.29, 1.82) is 0 Å². The van der Waals surface area contributed by atoms with Crippen LogP contribution in [-0.2, 0) is 11.8 Å². The van der Waals surface area contributed by atoms with E-state index in [1.165, 1.54) is 28.8 Å². The lowest BCUT2D eigenvalue weighted by molar-refractivity contribution is 0.406. The smallest absolute Gasteiger partial charge is 0.123 e. The summed E-state index contributed by atoms with van der Waals surface area (Å²) in [6.45, 7) is 8.45. The Bertz CT molecular complexity index is 594. The molecule has 1 nitrogen and oxygen atoms in total. The minimum Gasteiger partial charge on any atom is -0.327 e. The number of rotatable bonds is 4. The Morgan fingerprint density at radius 2 is 1.52 bits per heavy atom. The summed E-state index contributed by atoms with van der Waals surface area (Å²) in [6, 6.07) is 13.2. The van der Waals surface area contributed by atoms with Gasteiger partial charge in [0.2, 0.25) is 0 Å². The van der Waals surface area contributed by atoms with Gasteiger partial charge >= 0.3 is 0 Å². The summed E-state index contributed by atoms with van der Waals surface area (Å²) in [5, 5.41) is 0. The predicted octanol–water partition coefficient (Wildman–Crippen LogP) is 4.29. The van der Waals surface area contributed by atoms with Crippen molar-refractivity contribution in [3.8, 4) is 0 Å². The first-order valence-corrected chi connectivity index (χ1v) is 7.38. The molecule has 0 aliphatic carbocycles. The van der Waals surface area contributed by atoms with Crippen molar-refractivity contribution in [1.82, 2.24) is 0 Å². The van der Waals surface area contributed by atoms with E-state index in [-0.39, 0.29) is 17.3 Å². The minimum absolute atomic E-state index is 0.0239. The molecule has 0 aliphatic rings. The molecule has 112 valence electrons. The van der Waals surface area contributed by atoms with Crippen LogP contribution < -0.4 is 5.73 Å². The van der Waals surface area contributed by atoms with E-state index in [0.29, 0.717) is 0 Å². The highest BCUT2D eigenvalue weighted by atomic mass is 19.1. The molecule has 2 rings (SSSR count). The predicted molar refractivity (Wildman–Crippen MR) is 87.0 cm³/mol. The van der Waals surface area contributed by atoms with Crippen LogP contribution >= 0.6 is 0 Å². The second kappa shape index (κ2) is 5.98. The Balaban J connectivity index is 2.21. The van der Waals surface area contributed by atoms with Gasteiger partial charge in [-0.1, -0.05) is 55.3 Å². The van der Waals surface area contributed by atoms with Gasteiger partial charge in [-0.25, -0.2) is 4.39 Å². The number of hydrogen-bond donors (Lipinski definition) is 1. The molecule has 0 saturated carbocycles. The van der Waals surface area contributed by atoms with Gasteiger partial charge in [0.15, 0.2) is 0 Å². The third-order valence-corrected chi connectivity index (χ3v) is 4.25. The van der Waals surface area contributed by atoms with E-state index < -0.39 is 0 Å². The number of halogens is 1. The third kappa shape index (κ3) is 3.70. The van der Waals surface area contributed by atoms with Crippen molar-refractivity contribution in [3.05, 3.63) is 70.5 Å². The summed E-state index contributed by atoms with van der Waals surface area (Å²) in [7, 11) is 0. The topological polar surface area (TPSA) is 26.0 Å². The summed E-state index contributed by atoms with van der Waals surface area (Å²) in [6.07, 6.45) is 0.812. The van der Waals surface area contributed by atoms with Gasteiger partial charge in [-0.3, -0.25) is 0 Å². The molecule has 2 heteroatoms. The maximum Gasteiger partial charge on any atom is 0.123 e. The molecule has 21 heavy (non-hydrogen) atoms. The maximum absolute atomic E-state index is 13.1. The molecule has 0 heterocycles. The molecule has 2 aromatic rings. The third-order valence-electron chi connectivity index (χ3n) is 4.25. The highest BCUT2D eigenvalue weighted by Gasteiger charge is 2.28. The molecule has 0 radical (unpaired) electrons. The zero-order valence-electron chi connectivity index (χ0n) is 13.3. The molecule has 1 unspecified atom stereocenters. The molecule has 0 fully saturated rings. The monoisotopic (exact) mass is 285 g/mol. The Morgan fingerprint density at radius 3 is 2.05 bits per heavy atom. The first-order valence-electron chi connectivity index (χ1n) is 7.38. The lowest BCUT2D eigenvalue weighted by Crippen LogP contribution is -2.42. The molecular weight excluding hydrogens is 261 g/mol. The first kappa shape index (κ1) is 15.7. The van der Waals surface area contributed by atoms with Gasteiger partial charge < -0.3 is 5.73 Å². The molecule has 0 saturated heterocycles. The zero-order valence-corrected chi connectivity index (χ0v) is 13.3. The molecule has 1 atom stereocenters. The fourth-order valence-corrected chi connectivity index (χ4v) is 2.79. The normalized spacial score (nSPS) is 13.2. The van der Waals surface area contributed by atoms with Gasteiger partial charge in [-0.15, -0.1) is 0 Å². The second-order valence-corrected chi connectivity index (χ2v) is 6.54. The highest BCUT2D eigenvalue weighted by molar-refractivity contribution is 5.31. The maximum atomic E-state index is 13.1. The van der Waals surface area contributed by atoms with Crippen molar-refractivity contribution in [2.45, 2.75) is 45.6 Å². The van der Waals surface area contributed by atoms with E-state index >= 15 is 0 Å². The number of hydrogen-bond acceptors (Lipinski definition) is 1. The Kier molecular flexibility index (Phi) is 4.48. The van der Waals surface area contributed by atoms with E-state index in [9.17, 15) is 4.39 Å². The van der Waals surface area contributed by atoms with Crippen LogP contribution in [0, 0.1) is 19.7 Å². The van der Waals surface area contributed by atoms with E-state index in [0.717, 1.165) is 12.0 Å². The zero-order chi connectivity index (χ0) is 15.6. The van der Waals surface area contributed by atoms with Crippen molar-refractivity contribution in [2.75, 3.05) is 0 Å². The van der Waals surface area contributed by atoms with Crippen LogP contribution in [0.1, 0.15) is 36.1 Å². The Hall–Kier alpha value is -1.67. The van der Waals surface area contributed by atoms with Crippen LogP contribution in [0.15, 0.2) is 42.5 Å². The van der Waals surface area contributed by atoms with E-state index in [2.05, 4.69) is 45.9 Å². The largest absolute Gasteiger partial charge is 0.327 e. The molecule has 0 bridgehead atoms. The Labute approximate surface area is 127 Å². The SMILES string of the molecule is Cc1cc(C)cc(CC(N)C(C)(C)c2ccc(F)cc2)c1. The quantitative estimate of drug-likeness (QED) is 0.891. The van der Waals surface area contributed by atoms with E-state index in [1.54, 1.807) is 0 Å². The van der Waals surface area contributed by atoms with Crippen LogP contribution in [0.4, 0.5) is 4.39 Å². The van der Waals surface area contributed by atoms with Gasteiger partial charge in [0.1, 0.15) is 5.82 Å². The molecule has 0 spiro atoms. The summed E-state index contributed by atoms with van der Waals surface area (Å²) in [5.41, 5.74) is 11.1. The standard InChI is InChI=1S/C19H24FN/c1-13-9-14(2)11-15(10-13)12-18(21)19(3,4)16-5-7-17(20)8-6-16/h5-11,18H,12,21H2,1-4H3. The lowest BCUT2D eigenvalue weighted by atomic mass is 9.76. The van der Waals surface area contributed by atoms with Gasteiger partial charge in [-0.2, -0.15) is 0 Å². The van der Waals surface area contributed by atoms with E-state index in [1.807, 2.05) is 12.1 Å². The van der Waals surface area contributed by atoms with Gasteiger partial charge in [0.25, 0.3) is 0 Å². The number of benzene rings is 2. The van der Waals surface area contributed by atoms with Crippen LogP contribution in [0.2, 0.25) is 0 Å². The van der Waals surface area contributed by atoms with Gasteiger partial charge in [-0.05, 0) is 43.5 Å². The second-order valence-electron chi connectivity index (χ2n) is 6.54. The average molecular weight is 285 g/mol. The molecule has 2 aromatic carbocycles. The highest BCUT2D eigenvalue weighted by Crippen LogP contribution is 2.28. The summed E-state index contributed by atoms with van der Waals surface area (Å²) in [5.74, 6) is -0.211. The van der Waals surface area contributed by atoms with E-state index in [4.69, 9.17) is 5.73 Å². The van der Waals surface area contributed by atoms with Crippen molar-refractivity contribution < 1.29 is 4.39 Å². The van der Waals surface area contributed by atoms with Crippen molar-refractivity contribution >= 4 is 0 Å². The van der Waals surface area contributed by atoms with Crippen molar-refractivity contribution in [2.24, 2.45) is 5.73 Å². The summed E-state index contributed by atoms with van der Waals surface area (Å²) in [4.78, 5) is 0. The summed E-state index contributed by atoms with van der Waals surface area (Å²) >= 11 is 0. The van der Waals surface area contributed by atoms with Crippen LogP contribution in [-0.4, -0.2) is 6.04 Å². The molecule has 0 amide bonds. The lowest BCUT2D eigenvalue weighted by Gasteiger charge is -2.32. The molecule has 0 aliphatic heterocycles. The van der Waals surface area contributed by atoms with Crippen LogP contribution in [0.3, 0.4) is 0 Å².